The second-order valence-corrected chi connectivity index (χ2v) is 36.3. The molecule has 0 bridgehead atoms. The molecule has 0 unspecified atom stereocenters. The van der Waals surface area contributed by atoms with Gasteiger partial charge in [-0.3, -0.25) is 0 Å². The lowest BCUT2D eigenvalue weighted by atomic mass is 10.0. The highest BCUT2D eigenvalue weighted by molar-refractivity contribution is 7.27. The molecule has 0 spiro atoms. The van der Waals surface area contributed by atoms with Crippen molar-refractivity contribution in [3.8, 4) is 118 Å². The van der Waals surface area contributed by atoms with Gasteiger partial charge in [0.05, 0.1) is 80.8 Å². The third-order valence-corrected chi connectivity index (χ3v) is 28.8. The van der Waals surface area contributed by atoms with Gasteiger partial charge in [-0.1, -0.05) is 334 Å². The van der Waals surface area contributed by atoms with E-state index in [0.29, 0.717) is 0 Å². The average Bonchev–Trinajstić information content (AvgIpc) is 1.60. The van der Waals surface area contributed by atoms with Crippen LogP contribution in [-0.2, 0) is 0 Å². The summed E-state index contributed by atoms with van der Waals surface area (Å²) in [4.78, 5) is 31.3. The number of hydrogen-bond acceptors (Lipinski definition) is 9. The normalized spacial score (nSPS) is 11.6. The Bertz CT molecular complexity index is 8970. The number of benzene rings is 18. The Morgan fingerprint density at radius 3 is 0.750 bits per heavy atom. The van der Waals surface area contributed by atoms with Crippen molar-refractivity contribution in [3.05, 3.63) is 455 Å². The first-order chi connectivity index (χ1) is 65.4. The number of thiophene rings is 3. The maximum absolute atomic E-state index is 5.28. The zero-order valence-electron chi connectivity index (χ0n) is 71.1. The van der Waals surface area contributed by atoms with Crippen LogP contribution in [-0.4, -0.2) is 43.6 Å². The van der Waals surface area contributed by atoms with E-state index in [1.807, 2.05) is 6.07 Å². The molecule has 0 radical (unpaired) electrons. The first kappa shape index (κ1) is 77.6. The van der Waals surface area contributed by atoms with Crippen molar-refractivity contribution >= 4 is 160 Å². The van der Waals surface area contributed by atoms with Crippen LogP contribution in [0.25, 0.3) is 245 Å². The van der Waals surface area contributed by atoms with Crippen LogP contribution in [0.2, 0.25) is 0 Å². The summed E-state index contributed by atoms with van der Waals surface area (Å²) in [6, 6.07) is 161. The summed E-state index contributed by atoms with van der Waals surface area (Å²) in [5, 5.41) is 11.0. The molecule has 0 aliphatic carbocycles. The fourth-order valence-corrected chi connectivity index (χ4v) is 22.5. The lowest BCUT2D eigenvalue weighted by Crippen LogP contribution is -1.97. The highest BCUT2D eigenvalue weighted by Gasteiger charge is 2.24. The topological polar surface area (TPSA) is 92.1 Å². The maximum Gasteiger partial charge on any atom is 0.160 e. The fourth-order valence-electron chi connectivity index (χ4n) is 19.0. The predicted octanol–water partition coefficient (Wildman–Crippen LogP) is 32.8. The second-order valence-electron chi connectivity index (χ2n) is 33.1. The van der Waals surface area contributed by atoms with Gasteiger partial charge in [0.1, 0.15) is 0 Å². The van der Waals surface area contributed by atoms with Crippen LogP contribution >= 0.6 is 34.0 Å². The minimum absolute atomic E-state index is 0.728. The third-order valence-electron chi connectivity index (χ3n) is 25.3. The first-order valence-corrected chi connectivity index (χ1v) is 46.7. The van der Waals surface area contributed by atoms with Gasteiger partial charge in [0.25, 0.3) is 0 Å². The third kappa shape index (κ3) is 13.7. The van der Waals surface area contributed by atoms with E-state index in [4.69, 9.17) is 29.9 Å². The number of rotatable bonds is 12. The summed E-state index contributed by atoms with van der Waals surface area (Å²) in [7, 11) is 0. The Labute approximate surface area is 771 Å². The molecule has 27 rings (SSSR count). The van der Waals surface area contributed by atoms with E-state index >= 15 is 0 Å². The van der Waals surface area contributed by atoms with Crippen molar-refractivity contribution < 1.29 is 0 Å². The van der Waals surface area contributed by atoms with Gasteiger partial charge >= 0.3 is 0 Å². The molecule has 27 aromatic rings. The molecule has 9 aromatic heterocycles. The molecule has 0 fully saturated rings. The molecule has 132 heavy (non-hydrogen) atoms. The fraction of sp³-hybridized carbons (Fsp3) is 0. The van der Waals surface area contributed by atoms with Gasteiger partial charge in [0, 0.05) is 113 Å². The molecule has 0 amide bonds. The van der Waals surface area contributed by atoms with E-state index in [-0.39, 0.29) is 0 Å². The minimum atomic E-state index is 0.728. The molecule has 0 atom stereocenters. The van der Waals surface area contributed by atoms with Gasteiger partial charge in [-0.25, -0.2) is 29.9 Å². The Morgan fingerprint density at radius 1 is 0.152 bits per heavy atom. The molecular formula is C120H75N9S3. The van der Waals surface area contributed by atoms with Crippen molar-refractivity contribution in [3.63, 3.8) is 0 Å². The number of aromatic nitrogens is 9. The summed E-state index contributed by atoms with van der Waals surface area (Å²) in [6.45, 7) is 0. The highest BCUT2D eigenvalue weighted by Crippen LogP contribution is 2.46. The van der Waals surface area contributed by atoms with Gasteiger partial charge in [-0.05, 0) is 155 Å². The van der Waals surface area contributed by atoms with Crippen LogP contribution in [0.1, 0.15) is 0 Å². The number of fused-ring (bicyclic) bond motifs is 18. The molecule has 12 heteroatoms. The Kier molecular flexibility index (Phi) is 19.3. The molecule has 0 aliphatic rings. The largest absolute Gasteiger partial charge is 0.309 e. The zero-order valence-corrected chi connectivity index (χ0v) is 73.5. The van der Waals surface area contributed by atoms with Gasteiger partial charge in [-0.15, -0.1) is 34.0 Å². The van der Waals surface area contributed by atoms with Crippen LogP contribution in [0.5, 0.6) is 0 Å². The van der Waals surface area contributed by atoms with E-state index in [9.17, 15) is 0 Å². The molecule has 9 nitrogen and oxygen atoms in total. The van der Waals surface area contributed by atoms with E-state index in [2.05, 4.69) is 463 Å². The molecule has 0 aliphatic heterocycles. The highest BCUT2D eigenvalue weighted by atomic mass is 32.1. The standard InChI is InChI=1S/3C40H25N3S/c1-2-11-26(12-3-1)28-13-10-14-29(25-28)37-39-38(33-17-6-9-20-36(33)44-39)42-40(41-37)27-21-23-30(24-22-27)43-34-18-7-4-15-31(34)32-16-5-8-19-35(32)43;1-2-11-26(12-3-1)27-21-23-28(24-22-27)37-39-38(33-17-6-9-20-36(33)44-39)42-40(41-37)29-13-10-14-30(25-29)43-34-18-7-4-15-31(34)32-16-5-8-19-35(32)43;1-2-10-26(11-3-1)27-18-20-28(21-19-27)37-39-38(33-14-6-9-17-36(33)44-39)42-40(41-37)29-22-24-30(25-23-29)43-34-15-7-4-12-31(34)32-13-5-8-16-35(32)43/h3*1-25H. The Hall–Kier alpha value is -16.7. The molecular weight excluding hydrogens is 1660 g/mol. The monoisotopic (exact) mass is 1740 g/mol. The zero-order chi connectivity index (χ0) is 87.1. The van der Waals surface area contributed by atoms with Crippen molar-refractivity contribution in [1.82, 2.24) is 43.6 Å². The molecule has 9 heterocycles. The van der Waals surface area contributed by atoms with Gasteiger partial charge in [0.15, 0.2) is 17.5 Å². The van der Waals surface area contributed by atoms with Gasteiger partial charge in [0.2, 0.25) is 0 Å². The average molecular weight is 1740 g/mol. The van der Waals surface area contributed by atoms with Crippen molar-refractivity contribution in [2.45, 2.75) is 0 Å². The number of nitrogens with zero attached hydrogens (tertiary/aromatic N) is 9. The Balaban J connectivity index is 0.000000106. The smallest absolute Gasteiger partial charge is 0.160 e. The van der Waals surface area contributed by atoms with E-state index in [0.717, 1.165) is 121 Å². The van der Waals surface area contributed by atoms with Crippen LogP contribution in [0.15, 0.2) is 455 Å². The van der Waals surface area contributed by atoms with Crippen LogP contribution in [0.3, 0.4) is 0 Å². The van der Waals surface area contributed by atoms with Crippen LogP contribution in [0, 0.1) is 0 Å². The van der Waals surface area contributed by atoms with Gasteiger partial charge in [-0.2, -0.15) is 0 Å². The number of hydrogen-bond donors (Lipinski definition) is 0. The molecule has 618 valence electrons. The van der Waals surface area contributed by atoms with Crippen LogP contribution < -0.4 is 0 Å². The van der Waals surface area contributed by atoms with Crippen molar-refractivity contribution in [2.75, 3.05) is 0 Å². The van der Waals surface area contributed by atoms with Gasteiger partial charge < -0.3 is 13.7 Å². The lowest BCUT2D eigenvalue weighted by Gasteiger charge is -2.11. The molecule has 0 N–H and O–H groups in total. The summed E-state index contributed by atoms with van der Waals surface area (Å²) < 4.78 is 14.0. The predicted molar refractivity (Wildman–Crippen MR) is 557 cm³/mol. The second kappa shape index (κ2) is 32.8. The van der Waals surface area contributed by atoms with E-state index < -0.39 is 0 Å². The molecule has 0 saturated carbocycles. The van der Waals surface area contributed by atoms with E-state index in [1.165, 1.54) is 124 Å². The summed E-state index contributed by atoms with van der Waals surface area (Å²) in [5.41, 5.74) is 29.8. The Morgan fingerprint density at radius 2 is 0.394 bits per heavy atom. The summed E-state index contributed by atoms with van der Waals surface area (Å²) >= 11 is 5.29. The molecule has 0 saturated heterocycles. The van der Waals surface area contributed by atoms with Crippen LogP contribution in [0.4, 0.5) is 0 Å². The van der Waals surface area contributed by atoms with Crippen molar-refractivity contribution in [2.24, 2.45) is 0 Å². The van der Waals surface area contributed by atoms with Crippen molar-refractivity contribution in [1.29, 1.82) is 0 Å². The van der Waals surface area contributed by atoms with E-state index in [1.54, 1.807) is 34.0 Å². The lowest BCUT2D eigenvalue weighted by molar-refractivity contribution is 1.17. The number of para-hydroxylation sites is 6. The molecule has 18 aromatic carbocycles. The minimum Gasteiger partial charge on any atom is -0.309 e. The summed E-state index contributed by atoms with van der Waals surface area (Å²) in [6.07, 6.45) is 0. The first-order valence-electron chi connectivity index (χ1n) is 44.3. The maximum atomic E-state index is 5.28. The summed E-state index contributed by atoms with van der Waals surface area (Å²) in [5.74, 6) is 2.19. The quantitative estimate of drug-likeness (QED) is 0.121. The SMILES string of the molecule is c1ccc(-c2ccc(-c3nc(-c4ccc(-n5c6ccccc6c6ccccc65)cc4)nc4c3sc3ccccc34)cc2)cc1.c1ccc(-c2ccc(-c3nc(-c4cccc(-n5c6ccccc6c6ccccc65)c4)nc4c3sc3ccccc34)cc2)cc1.c1ccc(-c2cccc(-c3nc(-c4ccc(-n5c6ccccc6c6ccccc65)cc4)nc4c3sc3ccccc34)c2)cc1.